The zero-order chi connectivity index (χ0) is 27.3. The highest BCUT2D eigenvalue weighted by Crippen LogP contribution is 2.37. The fraction of sp³-hybridized carbons (Fsp3) is 0.393. The Morgan fingerprint density at radius 3 is 2.49 bits per heavy atom. The van der Waals surface area contributed by atoms with Crippen LogP contribution in [0.15, 0.2) is 41.2 Å². The van der Waals surface area contributed by atoms with Crippen molar-refractivity contribution in [3.8, 4) is 11.1 Å². The van der Waals surface area contributed by atoms with Gasteiger partial charge in [0, 0.05) is 43.5 Å². The number of amides is 1. The summed E-state index contributed by atoms with van der Waals surface area (Å²) in [6.07, 6.45) is 2.07. The van der Waals surface area contributed by atoms with Crippen LogP contribution in [0.3, 0.4) is 0 Å². The molecule has 2 aliphatic heterocycles. The third-order valence-corrected chi connectivity index (χ3v) is 7.56. The highest BCUT2D eigenvalue weighted by atomic mass is 19.1. The van der Waals surface area contributed by atoms with Gasteiger partial charge in [-0.2, -0.15) is 4.98 Å². The number of anilines is 2. The van der Waals surface area contributed by atoms with Crippen molar-refractivity contribution in [2.45, 2.75) is 51.0 Å². The van der Waals surface area contributed by atoms with Crippen LogP contribution in [0.2, 0.25) is 0 Å². The molecule has 2 saturated heterocycles. The van der Waals surface area contributed by atoms with Crippen molar-refractivity contribution in [3.63, 3.8) is 0 Å². The van der Waals surface area contributed by atoms with Crippen LogP contribution < -0.4 is 9.80 Å². The number of hydrogen-bond donors (Lipinski definition) is 1. The molecule has 0 unspecified atom stereocenters. The molecule has 9 nitrogen and oxygen atoms in total. The Kier molecular flexibility index (Phi) is 6.46. The number of carbonyl (C=O) groups excluding carboxylic acids is 1. The largest absolute Gasteiger partial charge is 0.383 e. The zero-order valence-corrected chi connectivity index (χ0v) is 21.6. The SMILES string of the molecule is CC(C)c1nc(C2CCN(c3ncnc4c(-c5ccc(N6CC[C@H](O)C6=O)c(F)c5)ccc(F)c34)CC2)no1. The third kappa shape index (κ3) is 4.50. The number of halogens is 2. The number of nitrogens with zero attached hydrogens (tertiary/aromatic N) is 6. The molecule has 2 fully saturated rings. The smallest absolute Gasteiger partial charge is 0.255 e. The molecule has 39 heavy (non-hydrogen) atoms. The minimum absolute atomic E-state index is 0.104. The molecule has 1 N–H and O–H groups in total. The first-order valence-electron chi connectivity index (χ1n) is 13.1. The lowest BCUT2D eigenvalue weighted by Crippen LogP contribution is -2.34. The van der Waals surface area contributed by atoms with Crippen molar-refractivity contribution in [1.29, 1.82) is 0 Å². The van der Waals surface area contributed by atoms with Gasteiger partial charge in [0.25, 0.3) is 5.91 Å². The molecular weight excluding hydrogens is 506 g/mol. The van der Waals surface area contributed by atoms with Gasteiger partial charge in [0.2, 0.25) is 5.89 Å². The average Bonchev–Trinajstić information content (AvgIpc) is 3.56. The van der Waals surface area contributed by atoms with Gasteiger partial charge >= 0.3 is 0 Å². The summed E-state index contributed by atoms with van der Waals surface area (Å²) in [5, 5.41) is 14.2. The summed E-state index contributed by atoms with van der Waals surface area (Å²) < 4.78 is 35.8. The van der Waals surface area contributed by atoms with E-state index in [1.54, 1.807) is 12.1 Å². The maximum atomic E-state index is 15.3. The maximum absolute atomic E-state index is 15.3. The van der Waals surface area contributed by atoms with E-state index >= 15 is 8.78 Å². The molecule has 0 bridgehead atoms. The average molecular weight is 535 g/mol. The summed E-state index contributed by atoms with van der Waals surface area (Å²) in [4.78, 5) is 28.8. The normalized spacial score (nSPS) is 18.6. The molecular formula is C28H28F2N6O3. The zero-order valence-electron chi connectivity index (χ0n) is 21.6. The van der Waals surface area contributed by atoms with Crippen molar-refractivity contribution in [3.05, 3.63) is 60.0 Å². The number of rotatable bonds is 5. The Labute approximate surface area is 223 Å². The van der Waals surface area contributed by atoms with Crippen molar-refractivity contribution in [1.82, 2.24) is 20.1 Å². The van der Waals surface area contributed by atoms with Gasteiger partial charge in [-0.25, -0.2) is 18.7 Å². The Hall–Kier alpha value is -3.99. The van der Waals surface area contributed by atoms with Crippen LogP contribution in [-0.2, 0) is 4.79 Å². The summed E-state index contributed by atoms with van der Waals surface area (Å²) in [5.74, 6) is 0.545. The lowest BCUT2D eigenvalue weighted by molar-refractivity contribution is -0.124. The Morgan fingerprint density at radius 1 is 1.03 bits per heavy atom. The first-order chi connectivity index (χ1) is 18.8. The standard InChI is InChI=1S/C28H28F2N6O3/c1-15(2)27-33-25(34-39-27)16-7-10-35(11-8-16)26-23-19(29)5-4-18(24(23)31-14-32-26)17-3-6-21(20(30)13-17)36-12-9-22(37)28(36)38/h3-6,13-16,22,37H,7-12H2,1-2H3/t22-/m0/s1. The van der Waals surface area contributed by atoms with Crippen LogP contribution in [0.1, 0.15) is 56.7 Å². The molecule has 2 aromatic heterocycles. The second kappa shape index (κ2) is 9.96. The summed E-state index contributed by atoms with van der Waals surface area (Å²) in [6.45, 7) is 5.52. The molecule has 202 valence electrons. The number of fused-ring (bicyclic) bond motifs is 1. The molecule has 0 saturated carbocycles. The van der Waals surface area contributed by atoms with Crippen LogP contribution in [-0.4, -0.2) is 56.9 Å². The van der Waals surface area contributed by atoms with E-state index in [0.29, 0.717) is 47.3 Å². The number of carbonyl (C=O) groups is 1. The van der Waals surface area contributed by atoms with E-state index in [1.807, 2.05) is 18.7 Å². The Morgan fingerprint density at radius 2 is 1.82 bits per heavy atom. The molecule has 2 aromatic carbocycles. The van der Waals surface area contributed by atoms with E-state index in [4.69, 9.17) is 4.52 Å². The lowest BCUT2D eigenvalue weighted by atomic mass is 9.95. The van der Waals surface area contributed by atoms with E-state index in [0.717, 1.165) is 12.8 Å². The van der Waals surface area contributed by atoms with Crippen LogP contribution in [0, 0.1) is 11.6 Å². The van der Waals surface area contributed by atoms with Gasteiger partial charge in [0.15, 0.2) is 5.82 Å². The van der Waals surface area contributed by atoms with Crippen LogP contribution in [0.25, 0.3) is 22.0 Å². The number of aliphatic hydroxyl groups excluding tert-OH is 1. The summed E-state index contributed by atoms with van der Waals surface area (Å²) >= 11 is 0. The number of aromatic nitrogens is 4. The molecule has 2 aliphatic rings. The topological polar surface area (TPSA) is 108 Å². The molecule has 0 aliphatic carbocycles. The molecule has 1 amide bonds. The predicted octanol–water partition coefficient (Wildman–Crippen LogP) is 4.56. The maximum Gasteiger partial charge on any atom is 0.255 e. The molecule has 1 atom stereocenters. The first kappa shape index (κ1) is 25.3. The van der Waals surface area contributed by atoms with E-state index < -0.39 is 23.6 Å². The highest BCUT2D eigenvalue weighted by molar-refractivity contribution is 6.01. The summed E-state index contributed by atoms with van der Waals surface area (Å²) in [5.41, 5.74) is 1.53. The van der Waals surface area contributed by atoms with E-state index in [1.165, 1.54) is 29.4 Å². The van der Waals surface area contributed by atoms with E-state index in [-0.39, 0.29) is 35.9 Å². The van der Waals surface area contributed by atoms with Crippen molar-refractivity contribution in [2.75, 3.05) is 29.4 Å². The fourth-order valence-electron chi connectivity index (χ4n) is 5.39. The van der Waals surface area contributed by atoms with Gasteiger partial charge in [0.05, 0.1) is 16.6 Å². The number of piperidine rings is 1. The van der Waals surface area contributed by atoms with Gasteiger partial charge in [-0.15, -0.1) is 0 Å². The number of hydrogen-bond acceptors (Lipinski definition) is 8. The van der Waals surface area contributed by atoms with Crippen LogP contribution in [0.5, 0.6) is 0 Å². The molecule has 4 aromatic rings. The molecule has 11 heteroatoms. The number of benzene rings is 2. The van der Waals surface area contributed by atoms with Gasteiger partial charge in [-0.3, -0.25) is 4.79 Å². The fourth-order valence-corrected chi connectivity index (χ4v) is 5.39. The van der Waals surface area contributed by atoms with Crippen molar-refractivity contribution >= 4 is 28.3 Å². The second-order valence-electron chi connectivity index (χ2n) is 10.4. The van der Waals surface area contributed by atoms with Gasteiger partial charge < -0.3 is 19.4 Å². The molecule has 0 spiro atoms. The molecule has 4 heterocycles. The first-order valence-corrected chi connectivity index (χ1v) is 13.1. The van der Waals surface area contributed by atoms with Gasteiger partial charge in [-0.1, -0.05) is 25.1 Å². The van der Waals surface area contributed by atoms with Crippen LogP contribution in [0.4, 0.5) is 20.3 Å². The quantitative estimate of drug-likeness (QED) is 0.397. The van der Waals surface area contributed by atoms with E-state index in [9.17, 15) is 9.90 Å². The van der Waals surface area contributed by atoms with Crippen molar-refractivity contribution in [2.24, 2.45) is 0 Å². The lowest BCUT2D eigenvalue weighted by Gasteiger charge is -2.32. The monoisotopic (exact) mass is 534 g/mol. The van der Waals surface area contributed by atoms with Gasteiger partial charge in [-0.05, 0) is 42.7 Å². The minimum atomic E-state index is -1.12. The molecule has 6 rings (SSSR count). The predicted molar refractivity (Wildman–Crippen MR) is 140 cm³/mol. The third-order valence-electron chi connectivity index (χ3n) is 7.56. The Bertz CT molecular complexity index is 1550. The summed E-state index contributed by atoms with van der Waals surface area (Å²) in [7, 11) is 0. The Balaban J connectivity index is 1.29. The number of aliphatic hydroxyl groups is 1. The van der Waals surface area contributed by atoms with Gasteiger partial charge in [0.1, 0.15) is 29.9 Å². The molecule has 0 radical (unpaired) electrons. The van der Waals surface area contributed by atoms with Crippen LogP contribution >= 0.6 is 0 Å². The minimum Gasteiger partial charge on any atom is -0.383 e. The summed E-state index contributed by atoms with van der Waals surface area (Å²) in [6, 6.07) is 7.40. The van der Waals surface area contributed by atoms with Crippen molar-refractivity contribution < 1.29 is 23.2 Å². The second-order valence-corrected chi connectivity index (χ2v) is 10.4. The van der Waals surface area contributed by atoms with E-state index in [2.05, 4.69) is 20.1 Å². The highest BCUT2D eigenvalue weighted by Gasteiger charge is 2.32.